The van der Waals surface area contributed by atoms with Crippen molar-refractivity contribution >= 4 is 116 Å². The summed E-state index contributed by atoms with van der Waals surface area (Å²) in [5.41, 5.74) is 8.73. The van der Waals surface area contributed by atoms with E-state index in [1.165, 1.54) is 54.7 Å². The summed E-state index contributed by atoms with van der Waals surface area (Å²) in [6.45, 7) is 15.9. The van der Waals surface area contributed by atoms with Crippen molar-refractivity contribution < 1.29 is 62.5 Å². The number of unbranched alkanes of at least 4 members (excludes halogenated alkanes) is 15. The number of aliphatic carboxylic acids is 1. The molecule has 4 aromatic carbocycles. The molecule has 8 aromatic rings. The maximum atomic E-state index is 13.3. The standard InChI is InChI=1S/C43H47ClN6O6S.C24H32N2O5.C19H17ClN4O2S.2CH4/c1-24-25(2)57-43-35(24)38(27-15-17-28(44)18-16-27)46-31(41-49-48-26(3)50(41)43)23-34(52)45-21-10-8-6-4-5-7-9-11-22-56-32-14-12-13-29-36(32)40(54)37(39(29)53)30-19-20-33(51)47-42(30)55;1-2-3-4-5-6-7-8-9-10-16-31-19-13-11-12-17-21(19)24(30)26(23(17)29)18-14-15-20(27)25-22(18)28;1-9-10(2)27-19-16(9)17(12-4-6-13(20)7-5-12)21-14(8-15(25)26)18-23-22-11(3)24(18)19;;/h12-18,30-31,37H,4-11,19-23H2,1-3H3,(H,45,52)(H,47,51,55);11-13,18H,2-10,14-16H2,1H3,(H,25,27,28);4-7,14H,8H2,1-3H3,(H,25,26);2*1H4/t30?,31-,37?;;14-;;/m0.0../s1. The first-order valence-corrected chi connectivity index (χ1v) is 42.2. The number of hydrogen-bond acceptors (Lipinski definition) is 20. The number of imide groups is 3. The van der Waals surface area contributed by atoms with Crippen LogP contribution in [0.25, 0.3) is 10.0 Å². The lowest BCUT2D eigenvalue weighted by Gasteiger charge is -2.27. The van der Waals surface area contributed by atoms with Crippen LogP contribution >= 0.6 is 45.9 Å². The number of carboxylic acids is 1. The maximum Gasteiger partial charge on any atom is 0.306 e. The van der Waals surface area contributed by atoms with Crippen molar-refractivity contribution in [1.82, 2.24) is 50.4 Å². The van der Waals surface area contributed by atoms with Gasteiger partial charge in [-0.2, -0.15) is 0 Å². The predicted octanol–water partition coefficient (Wildman–Crippen LogP) is 17.1. The van der Waals surface area contributed by atoms with E-state index >= 15 is 0 Å². The average molecular weight is 1670 g/mol. The number of carbonyl (C=O) groups is 10. The van der Waals surface area contributed by atoms with E-state index < -0.39 is 65.3 Å². The zero-order valence-electron chi connectivity index (χ0n) is 65.8. The number of Topliss-reactive ketones (excluding diaryl/α,β-unsaturated/α-hetero) is 2. The van der Waals surface area contributed by atoms with Crippen molar-refractivity contribution in [3.8, 4) is 21.5 Å². The van der Waals surface area contributed by atoms with E-state index in [9.17, 15) is 53.1 Å². The highest BCUT2D eigenvalue weighted by atomic mass is 35.5. The molecule has 5 atom stereocenters. The number of fused-ring (bicyclic) bond motifs is 8. The monoisotopic (exact) mass is 1670 g/mol. The number of halogens is 2. The van der Waals surface area contributed by atoms with Crippen LogP contribution in [0.2, 0.25) is 10.0 Å². The van der Waals surface area contributed by atoms with Crippen molar-refractivity contribution in [2.24, 2.45) is 21.8 Å². The number of thiophene rings is 2. The van der Waals surface area contributed by atoms with E-state index in [4.69, 9.17) is 42.7 Å². The molecule has 620 valence electrons. The lowest BCUT2D eigenvalue weighted by atomic mass is 9.82. The predicted molar refractivity (Wildman–Crippen MR) is 453 cm³/mol. The fourth-order valence-electron chi connectivity index (χ4n) is 15.5. The van der Waals surface area contributed by atoms with Crippen molar-refractivity contribution in [2.75, 3.05) is 19.8 Å². The van der Waals surface area contributed by atoms with E-state index in [2.05, 4.69) is 75.5 Å². The number of benzene rings is 4. The SMILES string of the molecule is C.C.CCCCCCCCCCCOc1cccc2c1C(=O)N(C1CCC(=O)NC1=O)C2=O.Cc1sc2c(c1C)C(c1ccc(Cl)cc1)=N[C@@H](CC(=O)NCCCCCCCCCCOc1cccc3c1C(=O)C(C1CCC(=O)NC1=O)C3=O)c1nnc(C)n1-2.Cc1sc2c(c1C)C(c1ccc(Cl)cc1)=N[C@@H](CC(=O)O)c1nnc(C)n1-2. The molecule has 7 amide bonds. The van der Waals surface area contributed by atoms with Crippen LogP contribution in [0.15, 0.2) is 94.9 Å². The molecule has 0 spiro atoms. The summed E-state index contributed by atoms with van der Waals surface area (Å²) in [5.74, 6) is -3.27. The summed E-state index contributed by atoms with van der Waals surface area (Å²) in [6, 6.07) is 23.0. The summed E-state index contributed by atoms with van der Waals surface area (Å²) in [4.78, 5) is 138. The second kappa shape index (κ2) is 40.8. The number of aliphatic imine (C=N–C) groups is 2. The molecule has 3 unspecified atom stereocenters. The van der Waals surface area contributed by atoms with Gasteiger partial charge in [0.2, 0.25) is 29.5 Å². The molecule has 25 nitrogen and oxygen atoms in total. The minimum absolute atomic E-state index is 0. The van der Waals surface area contributed by atoms with Crippen LogP contribution < -0.4 is 25.4 Å². The van der Waals surface area contributed by atoms with Gasteiger partial charge in [-0.25, -0.2) is 0 Å². The number of piperidine rings is 2. The first-order valence-electron chi connectivity index (χ1n) is 39.8. The molecule has 29 heteroatoms. The molecule has 14 rings (SSSR count). The Bertz CT molecular complexity index is 5100. The number of aromatic nitrogens is 6. The van der Waals surface area contributed by atoms with Gasteiger partial charge in [0.25, 0.3) is 11.8 Å². The van der Waals surface area contributed by atoms with E-state index in [1.807, 2.05) is 66.9 Å². The third-order valence-electron chi connectivity index (χ3n) is 21.8. The molecule has 1 aliphatic carbocycles. The van der Waals surface area contributed by atoms with E-state index in [1.54, 1.807) is 59.1 Å². The van der Waals surface area contributed by atoms with Gasteiger partial charge in [0.1, 0.15) is 51.3 Å². The molecule has 0 radical (unpaired) electrons. The molecular formula is C88H104Cl2N12O13S2. The van der Waals surface area contributed by atoms with Gasteiger partial charge < -0.3 is 19.9 Å². The lowest BCUT2D eigenvalue weighted by molar-refractivity contribution is -0.138. The van der Waals surface area contributed by atoms with Gasteiger partial charge in [-0.15, -0.1) is 43.1 Å². The van der Waals surface area contributed by atoms with Crippen molar-refractivity contribution in [2.45, 2.75) is 229 Å². The summed E-state index contributed by atoms with van der Waals surface area (Å²) in [7, 11) is 0. The third-order valence-corrected chi connectivity index (χ3v) is 24.7. The highest BCUT2D eigenvalue weighted by molar-refractivity contribution is 7.15. The van der Waals surface area contributed by atoms with Crippen LogP contribution in [0.4, 0.5) is 0 Å². The Morgan fingerprint density at radius 1 is 0.521 bits per heavy atom. The van der Waals surface area contributed by atoms with Gasteiger partial charge in [-0.3, -0.25) is 82.6 Å². The zero-order valence-corrected chi connectivity index (χ0v) is 68.9. The Morgan fingerprint density at radius 3 is 1.46 bits per heavy atom. The van der Waals surface area contributed by atoms with Gasteiger partial charge in [-0.05, 0) is 127 Å². The third kappa shape index (κ3) is 20.3. The summed E-state index contributed by atoms with van der Waals surface area (Å²) in [6.07, 6.45) is 19.4. The highest BCUT2D eigenvalue weighted by Gasteiger charge is 2.50. The Kier molecular flexibility index (Phi) is 31.1. The van der Waals surface area contributed by atoms with Crippen LogP contribution in [0, 0.1) is 53.4 Å². The Morgan fingerprint density at radius 2 is 0.974 bits per heavy atom. The smallest absolute Gasteiger partial charge is 0.306 e. The fourth-order valence-corrected chi connectivity index (χ4v) is 18.2. The van der Waals surface area contributed by atoms with Gasteiger partial charge in [0, 0.05) is 67.0 Å². The fraction of sp³-hybridized carbons (Fsp3) is 0.455. The number of ketones is 2. The Labute approximate surface area is 700 Å². The van der Waals surface area contributed by atoms with Crippen LogP contribution in [-0.4, -0.2) is 136 Å². The van der Waals surface area contributed by atoms with E-state index in [-0.39, 0.29) is 99.1 Å². The number of rotatable bonds is 31. The molecule has 4 N–H and O–H groups in total. The molecule has 0 saturated carbocycles. The number of carbonyl (C=O) groups excluding carboxylic acids is 9. The normalized spacial score (nSPS) is 17.6. The summed E-state index contributed by atoms with van der Waals surface area (Å²) in [5, 5.41) is 37.6. The van der Waals surface area contributed by atoms with Crippen molar-refractivity contribution in [3.63, 3.8) is 0 Å². The molecule has 2 fully saturated rings. The van der Waals surface area contributed by atoms with Crippen LogP contribution in [0.1, 0.15) is 289 Å². The molecule has 2 saturated heterocycles. The summed E-state index contributed by atoms with van der Waals surface area (Å²) < 4.78 is 15.8. The second-order valence-electron chi connectivity index (χ2n) is 29.9. The molecule has 9 heterocycles. The first-order chi connectivity index (χ1) is 55.4. The molecule has 6 aliphatic rings. The topological polar surface area (TPSA) is 335 Å². The molecular weight excluding hydrogens is 1570 g/mol. The highest BCUT2D eigenvalue weighted by Crippen LogP contribution is 2.44. The zero-order chi connectivity index (χ0) is 81.7. The van der Waals surface area contributed by atoms with Crippen LogP contribution in [0.3, 0.4) is 0 Å². The van der Waals surface area contributed by atoms with Crippen molar-refractivity contribution in [1.29, 1.82) is 0 Å². The average Bonchev–Trinajstić information content (AvgIpc) is 1.62. The number of amides is 7. The number of ether oxygens (including phenoxy) is 2. The molecule has 4 aromatic heterocycles. The van der Waals surface area contributed by atoms with Crippen molar-refractivity contribution in [3.05, 3.63) is 184 Å². The summed E-state index contributed by atoms with van der Waals surface area (Å²) >= 11 is 15.6. The van der Waals surface area contributed by atoms with Gasteiger partial charge >= 0.3 is 5.97 Å². The van der Waals surface area contributed by atoms with Gasteiger partial charge in [0.05, 0.1) is 66.0 Å². The molecule has 0 bridgehead atoms. The first kappa shape index (κ1) is 89.1. The van der Waals surface area contributed by atoms with Crippen LogP contribution in [0.5, 0.6) is 11.5 Å². The van der Waals surface area contributed by atoms with E-state index in [0.717, 1.165) is 136 Å². The largest absolute Gasteiger partial charge is 0.493 e. The number of nitrogens with zero attached hydrogens (tertiary/aromatic N) is 9. The lowest BCUT2D eigenvalue weighted by Crippen LogP contribution is -2.54. The van der Waals surface area contributed by atoms with E-state index in [0.29, 0.717) is 53.0 Å². The van der Waals surface area contributed by atoms with Crippen LogP contribution in [-0.2, 0) is 28.8 Å². The second-order valence-corrected chi connectivity index (χ2v) is 33.2. The van der Waals surface area contributed by atoms with Gasteiger partial charge in [0.15, 0.2) is 23.2 Å². The number of nitrogens with one attached hydrogen (secondary N) is 3. The number of carboxylic acid groups (broad SMARTS) is 1. The number of aryl methyl sites for hydroxylation is 4. The Balaban J connectivity index is 0.000000202. The molecule has 117 heavy (non-hydrogen) atoms. The number of hydrogen-bond donors (Lipinski definition) is 4. The minimum Gasteiger partial charge on any atom is -0.493 e. The maximum absolute atomic E-state index is 13.3. The van der Waals surface area contributed by atoms with Gasteiger partial charge in [-0.1, -0.05) is 177 Å². The molecule has 5 aliphatic heterocycles. The quantitative estimate of drug-likeness (QED) is 0.0178. The Hall–Kier alpha value is -10.2. The minimum atomic E-state index is -1.11.